The third kappa shape index (κ3) is 3.80. The van der Waals surface area contributed by atoms with Crippen LogP contribution in [0.25, 0.3) is 11.4 Å². The molecule has 1 aromatic heterocycles. The molecule has 0 fully saturated rings. The van der Waals surface area contributed by atoms with Crippen LogP contribution in [-0.4, -0.2) is 35.1 Å². The van der Waals surface area contributed by atoms with Gasteiger partial charge < -0.3 is 15.3 Å². The van der Waals surface area contributed by atoms with Gasteiger partial charge in [-0.05, 0) is 42.0 Å². The summed E-state index contributed by atoms with van der Waals surface area (Å²) < 4.78 is 11.3. The highest BCUT2D eigenvalue weighted by molar-refractivity contribution is 7.98. The Morgan fingerprint density at radius 3 is 2.62 bits per heavy atom. The van der Waals surface area contributed by atoms with Crippen molar-refractivity contribution < 1.29 is 14.3 Å². The van der Waals surface area contributed by atoms with Crippen LogP contribution in [0.4, 0.5) is 0 Å². The van der Waals surface area contributed by atoms with Crippen LogP contribution in [0.1, 0.15) is 15.9 Å². The van der Waals surface area contributed by atoms with Gasteiger partial charge in [0.2, 0.25) is 5.16 Å². The lowest BCUT2D eigenvalue weighted by atomic mass is 10.1. The summed E-state index contributed by atoms with van der Waals surface area (Å²) in [5.41, 5.74) is 2.32. The number of esters is 1. The molecule has 2 N–H and O–H groups in total. The van der Waals surface area contributed by atoms with E-state index in [1.54, 1.807) is 19.2 Å². The van der Waals surface area contributed by atoms with E-state index in [0.717, 1.165) is 16.9 Å². The maximum absolute atomic E-state index is 11.6. The molecule has 0 bridgehead atoms. The average molecular weight is 370 g/mol. The third-order valence-electron chi connectivity index (χ3n) is 3.73. The summed E-state index contributed by atoms with van der Waals surface area (Å²) in [6, 6.07) is 14.7. The highest BCUT2D eigenvalue weighted by atomic mass is 32.2. The Labute approximate surface area is 155 Å². The summed E-state index contributed by atoms with van der Waals surface area (Å²) in [7, 11) is 2.98. The van der Waals surface area contributed by atoms with E-state index in [0.29, 0.717) is 22.3 Å². The SMILES string of the molecule is COC(=O)c1cccc(CSc2nnc(-c3ccc(OC)cc3)n2N)c1. The van der Waals surface area contributed by atoms with E-state index < -0.39 is 0 Å². The number of methoxy groups -OCH3 is 2. The summed E-state index contributed by atoms with van der Waals surface area (Å²) in [5, 5.41) is 8.90. The minimum atomic E-state index is -0.361. The second kappa shape index (κ2) is 7.92. The monoisotopic (exact) mass is 370 g/mol. The van der Waals surface area contributed by atoms with Gasteiger partial charge in [-0.1, -0.05) is 23.9 Å². The van der Waals surface area contributed by atoms with Gasteiger partial charge in [-0.15, -0.1) is 10.2 Å². The normalized spacial score (nSPS) is 10.5. The lowest BCUT2D eigenvalue weighted by molar-refractivity contribution is 0.0600. The van der Waals surface area contributed by atoms with Crippen molar-refractivity contribution in [3.8, 4) is 17.1 Å². The van der Waals surface area contributed by atoms with Gasteiger partial charge in [0.15, 0.2) is 5.82 Å². The van der Waals surface area contributed by atoms with E-state index in [1.165, 1.54) is 23.5 Å². The number of nitrogens with zero attached hydrogens (tertiary/aromatic N) is 3. The molecular formula is C18H18N4O3S. The molecule has 0 aliphatic rings. The van der Waals surface area contributed by atoms with Crippen LogP contribution >= 0.6 is 11.8 Å². The summed E-state index contributed by atoms with van der Waals surface area (Å²) in [6.45, 7) is 0. The minimum Gasteiger partial charge on any atom is -0.497 e. The Kier molecular flexibility index (Phi) is 5.43. The summed E-state index contributed by atoms with van der Waals surface area (Å²) in [5.74, 6) is 7.70. The predicted octanol–water partition coefficient (Wildman–Crippen LogP) is 2.75. The molecule has 7 nitrogen and oxygen atoms in total. The van der Waals surface area contributed by atoms with Crippen LogP contribution in [-0.2, 0) is 10.5 Å². The highest BCUT2D eigenvalue weighted by Gasteiger charge is 2.13. The lowest BCUT2D eigenvalue weighted by Crippen LogP contribution is -2.11. The number of nitrogen functional groups attached to an aromatic ring is 1. The number of rotatable bonds is 6. The molecule has 3 rings (SSSR count). The molecular weight excluding hydrogens is 352 g/mol. The van der Waals surface area contributed by atoms with Crippen molar-refractivity contribution in [1.82, 2.24) is 14.9 Å². The molecule has 2 aromatic carbocycles. The number of thioether (sulfide) groups is 1. The van der Waals surface area contributed by atoms with Gasteiger partial charge in [-0.25, -0.2) is 9.47 Å². The zero-order chi connectivity index (χ0) is 18.5. The number of nitrogens with two attached hydrogens (primary N) is 1. The molecule has 134 valence electrons. The molecule has 26 heavy (non-hydrogen) atoms. The van der Waals surface area contributed by atoms with E-state index in [-0.39, 0.29) is 5.97 Å². The summed E-state index contributed by atoms with van der Waals surface area (Å²) in [6.07, 6.45) is 0. The third-order valence-corrected chi connectivity index (χ3v) is 4.74. The number of carbonyl (C=O) groups excluding carboxylic acids is 1. The number of hydrogen-bond acceptors (Lipinski definition) is 7. The van der Waals surface area contributed by atoms with Crippen molar-refractivity contribution in [2.45, 2.75) is 10.9 Å². The van der Waals surface area contributed by atoms with Gasteiger partial charge in [0, 0.05) is 11.3 Å². The lowest BCUT2D eigenvalue weighted by Gasteiger charge is -2.06. The van der Waals surface area contributed by atoms with Gasteiger partial charge in [-0.2, -0.15) is 0 Å². The average Bonchev–Trinajstić information content (AvgIpc) is 3.06. The second-order valence-electron chi connectivity index (χ2n) is 5.39. The van der Waals surface area contributed by atoms with Crippen molar-refractivity contribution in [3.05, 3.63) is 59.7 Å². The van der Waals surface area contributed by atoms with Crippen LogP contribution in [0.5, 0.6) is 5.75 Å². The molecule has 3 aromatic rings. The van der Waals surface area contributed by atoms with E-state index in [9.17, 15) is 4.79 Å². The molecule has 0 saturated carbocycles. The second-order valence-corrected chi connectivity index (χ2v) is 6.33. The Balaban J connectivity index is 1.73. The smallest absolute Gasteiger partial charge is 0.337 e. The van der Waals surface area contributed by atoms with Gasteiger partial charge in [0.1, 0.15) is 5.75 Å². The molecule has 0 saturated heterocycles. The summed E-state index contributed by atoms with van der Waals surface area (Å²) >= 11 is 1.44. The molecule has 0 radical (unpaired) electrons. The Morgan fingerprint density at radius 2 is 1.92 bits per heavy atom. The first-order valence-corrected chi connectivity index (χ1v) is 8.76. The minimum absolute atomic E-state index is 0.361. The molecule has 1 heterocycles. The van der Waals surface area contributed by atoms with Crippen molar-refractivity contribution >= 4 is 17.7 Å². The van der Waals surface area contributed by atoms with Crippen molar-refractivity contribution in [2.75, 3.05) is 20.1 Å². The van der Waals surface area contributed by atoms with E-state index in [1.807, 2.05) is 36.4 Å². The van der Waals surface area contributed by atoms with E-state index >= 15 is 0 Å². The quantitative estimate of drug-likeness (QED) is 0.405. The summed E-state index contributed by atoms with van der Waals surface area (Å²) in [4.78, 5) is 11.6. The van der Waals surface area contributed by atoms with Gasteiger partial charge in [0.05, 0.1) is 19.8 Å². The highest BCUT2D eigenvalue weighted by Crippen LogP contribution is 2.25. The zero-order valence-corrected chi connectivity index (χ0v) is 15.2. The van der Waals surface area contributed by atoms with Crippen molar-refractivity contribution in [1.29, 1.82) is 0 Å². The first kappa shape index (κ1) is 17.8. The van der Waals surface area contributed by atoms with Crippen LogP contribution in [0.3, 0.4) is 0 Å². The van der Waals surface area contributed by atoms with Gasteiger partial charge in [0.25, 0.3) is 0 Å². The molecule has 0 amide bonds. The van der Waals surface area contributed by atoms with Crippen molar-refractivity contribution in [2.24, 2.45) is 0 Å². The topological polar surface area (TPSA) is 92.3 Å². The van der Waals surface area contributed by atoms with Crippen LogP contribution in [0.15, 0.2) is 53.7 Å². The largest absolute Gasteiger partial charge is 0.497 e. The molecule has 0 unspecified atom stereocenters. The first-order chi connectivity index (χ1) is 12.6. The van der Waals surface area contributed by atoms with Crippen LogP contribution < -0.4 is 10.6 Å². The molecule has 0 aliphatic heterocycles. The van der Waals surface area contributed by atoms with Crippen LogP contribution in [0.2, 0.25) is 0 Å². The van der Waals surface area contributed by atoms with Crippen LogP contribution in [0, 0.1) is 0 Å². The number of hydrogen-bond donors (Lipinski definition) is 1. The standard InChI is InChI=1S/C18H18N4O3S/c1-24-15-8-6-13(7-9-15)16-20-21-18(22(16)19)26-11-12-4-3-5-14(10-12)17(23)25-2/h3-10H,11,19H2,1-2H3. The number of ether oxygens (including phenoxy) is 2. The maximum atomic E-state index is 11.6. The maximum Gasteiger partial charge on any atom is 0.337 e. The Bertz CT molecular complexity index is 909. The fourth-order valence-electron chi connectivity index (χ4n) is 2.37. The zero-order valence-electron chi connectivity index (χ0n) is 14.4. The predicted molar refractivity (Wildman–Crippen MR) is 99.5 cm³/mol. The molecule has 8 heteroatoms. The molecule has 0 spiro atoms. The van der Waals surface area contributed by atoms with E-state index in [4.69, 9.17) is 15.3 Å². The fourth-order valence-corrected chi connectivity index (χ4v) is 3.17. The number of carbonyl (C=O) groups is 1. The van der Waals surface area contributed by atoms with Gasteiger partial charge >= 0.3 is 5.97 Å². The number of benzene rings is 2. The number of aromatic nitrogens is 3. The molecule has 0 aliphatic carbocycles. The first-order valence-electron chi connectivity index (χ1n) is 7.77. The van der Waals surface area contributed by atoms with Crippen molar-refractivity contribution in [3.63, 3.8) is 0 Å². The fraction of sp³-hybridized carbons (Fsp3) is 0.167. The Hall–Kier alpha value is -3.00. The Morgan fingerprint density at radius 1 is 1.15 bits per heavy atom. The van der Waals surface area contributed by atoms with E-state index in [2.05, 4.69) is 10.2 Å². The molecule has 0 atom stereocenters. The van der Waals surface area contributed by atoms with Gasteiger partial charge in [-0.3, -0.25) is 0 Å².